The van der Waals surface area contributed by atoms with E-state index in [0.29, 0.717) is 5.69 Å². The molecule has 2 rings (SSSR count). The summed E-state index contributed by atoms with van der Waals surface area (Å²) in [7, 11) is 0. The Bertz CT molecular complexity index is 617. The van der Waals surface area contributed by atoms with Crippen LogP contribution < -0.4 is 11.1 Å². The van der Waals surface area contributed by atoms with E-state index in [9.17, 15) is 13.6 Å². The van der Waals surface area contributed by atoms with Crippen molar-refractivity contribution in [3.05, 3.63) is 54.1 Å². The summed E-state index contributed by atoms with van der Waals surface area (Å²) in [5.74, 6) is -2.06. The summed E-state index contributed by atoms with van der Waals surface area (Å²) in [5.41, 5.74) is 6.44. The molecule has 3 nitrogen and oxygen atoms in total. The molecule has 0 bridgehead atoms. The van der Waals surface area contributed by atoms with Gasteiger partial charge in [-0.15, -0.1) is 11.8 Å². The van der Waals surface area contributed by atoms with Crippen LogP contribution in [0.25, 0.3) is 0 Å². The molecule has 0 heterocycles. The first-order chi connectivity index (χ1) is 9.54. The maximum Gasteiger partial charge on any atom is 0.234 e. The Hall–Kier alpha value is -2.08. The van der Waals surface area contributed by atoms with E-state index in [-0.39, 0.29) is 17.3 Å². The SMILES string of the molecule is Nc1ccc(SCC(=O)Nc2ccc(F)c(F)c2)cc1. The van der Waals surface area contributed by atoms with E-state index in [1.807, 2.05) is 12.1 Å². The second-order valence-corrected chi connectivity index (χ2v) is 5.08. The molecular formula is C14H12F2N2OS. The third-order valence-electron chi connectivity index (χ3n) is 2.45. The Morgan fingerprint density at radius 1 is 1.10 bits per heavy atom. The van der Waals surface area contributed by atoms with Gasteiger partial charge in [0.1, 0.15) is 0 Å². The molecule has 0 aliphatic heterocycles. The molecule has 20 heavy (non-hydrogen) atoms. The lowest BCUT2D eigenvalue weighted by molar-refractivity contribution is -0.113. The van der Waals surface area contributed by atoms with Crippen LogP contribution in [-0.2, 0) is 4.79 Å². The third kappa shape index (κ3) is 3.96. The second-order valence-electron chi connectivity index (χ2n) is 4.03. The van der Waals surface area contributed by atoms with Crippen LogP contribution in [-0.4, -0.2) is 11.7 Å². The normalized spacial score (nSPS) is 10.3. The molecule has 0 aliphatic carbocycles. The molecule has 0 fully saturated rings. The highest BCUT2D eigenvalue weighted by Crippen LogP contribution is 2.20. The lowest BCUT2D eigenvalue weighted by Crippen LogP contribution is -2.14. The first-order valence-corrected chi connectivity index (χ1v) is 6.76. The molecule has 2 aromatic carbocycles. The Kier molecular flexibility index (Phi) is 4.57. The second kappa shape index (κ2) is 6.38. The molecule has 0 aliphatic rings. The van der Waals surface area contributed by atoms with Crippen molar-refractivity contribution in [1.29, 1.82) is 0 Å². The summed E-state index contributed by atoms with van der Waals surface area (Å²) in [6.45, 7) is 0. The van der Waals surface area contributed by atoms with Crippen LogP contribution in [0.15, 0.2) is 47.4 Å². The molecule has 0 aromatic heterocycles. The van der Waals surface area contributed by atoms with E-state index in [1.165, 1.54) is 17.8 Å². The highest BCUT2D eigenvalue weighted by atomic mass is 32.2. The van der Waals surface area contributed by atoms with Crippen LogP contribution in [0, 0.1) is 11.6 Å². The molecule has 0 spiro atoms. The number of carbonyl (C=O) groups is 1. The summed E-state index contributed by atoms with van der Waals surface area (Å²) < 4.78 is 25.7. The number of nitrogens with one attached hydrogen (secondary N) is 1. The van der Waals surface area contributed by atoms with E-state index < -0.39 is 11.6 Å². The molecule has 104 valence electrons. The maximum atomic E-state index is 13.0. The van der Waals surface area contributed by atoms with Gasteiger partial charge >= 0.3 is 0 Å². The van der Waals surface area contributed by atoms with Crippen molar-refractivity contribution >= 4 is 29.0 Å². The zero-order chi connectivity index (χ0) is 14.5. The van der Waals surface area contributed by atoms with Crippen LogP contribution in [0.2, 0.25) is 0 Å². The Labute approximate surface area is 119 Å². The molecule has 0 unspecified atom stereocenters. The standard InChI is InChI=1S/C14H12F2N2OS/c15-12-6-3-10(7-13(12)16)18-14(19)8-20-11-4-1-9(17)2-5-11/h1-7H,8,17H2,(H,18,19). The number of benzene rings is 2. The lowest BCUT2D eigenvalue weighted by atomic mass is 10.3. The van der Waals surface area contributed by atoms with Crippen molar-refractivity contribution in [2.75, 3.05) is 16.8 Å². The van der Waals surface area contributed by atoms with E-state index in [1.54, 1.807) is 12.1 Å². The van der Waals surface area contributed by atoms with Crippen LogP contribution in [0.5, 0.6) is 0 Å². The number of halogens is 2. The van der Waals surface area contributed by atoms with Gasteiger partial charge in [-0.25, -0.2) is 8.78 Å². The summed E-state index contributed by atoms with van der Waals surface area (Å²) in [6.07, 6.45) is 0. The summed E-state index contributed by atoms with van der Waals surface area (Å²) in [4.78, 5) is 12.6. The fraction of sp³-hybridized carbons (Fsp3) is 0.0714. The number of nitrogens with two attached hydrogens (primary N) is 1. The van der Waals surface area contributed by atoms with Crippen molar-refractivity contribution in [3.8, 4) is 0 Å². The first kappa shape index (κ1) is 14.3. The predicted molar refractivity (Wildman–Crippen MR) is 76.6 cm³/mol. The average molecular weight is 294 g/mol. The number of thioether (sulfide) groups is 1. The van der Waals surface area contributed by atoms with Crippen molar-refractivity contribution in [2.24, 2.45) is 0 Å². The number of hydrogen-bond acceptors (Lipinski definition) is 3. The van der Waals surface area contributed by atoms with Gasteiger partial charge in [-0.05, 0) is 36.4 Å². The number of anilines is 2. The number of carbonyl (C=O) groups excluding carboxylic acids is 1. The highest BCUT2D eigenvalue weighted by Gasteiger charge is 2.06. The van der Waals surface area contributed by atoms with Crippen LogP contribution in [0.4, 0.5) is 20.2 Å². The predicted octanol–water partition coefficient (Wildman–Crippen LogP) is 3.28. The number of hydrogen-bond donors (Lipinski definition) is 2. The molecule has 3 N–H and O–H groups in total. The van der Waals surface area contributed by atoms with Gasteiger partial charge in [-0.2, -0.15) is 0 Å². The fourth-order valence-corrected chi connectivity index (χ4v) is 2.18. The summed E-state index contributed by atoms with van der Waals surface area (Å²) in [5, 5.41) is 2.50. The molecule has 6 heteroatoms. The number of rotatable bonds is 4. The molecule has 0 atom stereocenters. The minimum absolute atomic E-state index is 0.170. The Morgan fingerprint density at radius 2 is 1.80 bits per heavy atom. The summed E-state index contributed by atoms with van der Waals surface area (Å²) >= 11 is 1.33. The zero-order valence-corrected chi connectivity index (χ0v) is 11.2. The van der Waals surface area contributed by atoms with E-state index in [0.717, 1.165) is 17.0 Å². The van der Waals surface area contributed by atoms with Crippen LogP contribution in [0.1, 0.15) is 0 Å². The van der Waals surface area contributed by atoms with Crippen molar-refractivity contribution in [1.82, 2.24) is 0 Å². The fourth-order valence-electron chi connectivity index (χ4n) is 1.48. The quantitative estimate of drug-likeness (QED) is 0.672. The van der Waals surface area contributed by atoms with Gasteiger partial charge in [0, 0.05) is 22.3 Å². The Morgan fingerprint density at radius 3 is 2.45 bits per heavy atom. The maximum absolute atomic E-state index is 13.0. The third-order valence-corrected chi connectivity index (χ3v) is 3.47. The monoisotopic (exact) mass is 294 g/mol. The Balaban J connectivity index is 1.89. The van der Waals surface area contributed by atoms with Gasteiger partial charge in [-0.3, -0.25) is 4.79 Å². The van der Waals surface area contributed by atoms with Gasteiger partial charge in [0.15, 0.2) is 11.6 Å². The van der Waals surface area contributed by atoms with Gasteiger partial charge in [0.05, 0.1) is 5.75 Å². The average Bonchev–Trinajstić information content (AvgIpc) is 2.42. The van der Waals surface area contributed by atoms with Crippen molar-refractivity contribution in [3.63, 3.8) is 0 Å². The van der Waals surface area contributed by atoms with Gasteiger partial charge < -0.3 is 11.1 Å². The largest absolute Gasteiger partial charge is 0.399 e. The topological polar surface area (TPSA) is 55.1 Å². The van der Waals surface area contributed by atoms with Crippen molar-refractivity contribution < 1.29 is 13.6 Å². The molecule has 2 aromatic rings. The lowest BCUT2D eigenvalue weighted by Gasteiger charge is -2.06. The van der Waals surface area contributed by atoms with Crippen LogP contribution in [0.3, 0.4) is 0 Å². The van der Waals surface area contributed by atoms with E-state index in [2.05, 4.69) is 5.32 Å². The molecule has 0 saturated carbocycles. The van der Waals surface area contributed by atoms with Crippen molar-refractivity contribution in [2.45, 2.75) is 4.90 Å². The number of nitrogen functional groups attached to an aromatic ring is 1. The number of amides is 1. The zero-order valence-electron chi connectivity index (χ0n) is 10.4. The van der Waals surface area contributed by atoms with E-state index in [4.69, 9.17) is 5.73 Å². The molecule has 0 radical (unpaired) electrons. The minimum Gasteiger partial charge on any atom is -0.399 e. The van der Waals surface area contributed by atoms with Gasteiger partial charge in [0.2, 0.25) is 5.91 Å². The molecular weight excluding hydrogens is 282 g/mol. The smallest absolute Gasteiger partial charge is 0.234 e. The molecule has 0 saturated heterocycles. The van der Waals surface area contributed by atoms with Gasteiger partial charge in [0.25, 0.3) is 0 Å². The van der Waals surface area contributed by atoms with Gasteiger partial charge in [-0.1, -0.05) is 0 Å². The van der Waals surface area contributed by atoms with Crippen LogP contribution >= 0.6 is 11.8 Å². The first-order valence-electron chi connectivity index (χ1n) is 5.78. The highest BCUT2D eigenvalue weighted by molar-refractivity contribution is 8.00. The summed E-state index contributed by atoms with van der Waals surface area (Å²) in [6, 6.07) is 10.3. The minimum atomic E-state index is -0.992. The molecule has 1 amide bonds. The van der Waals surface area contributed by atoms with E-state index >= 15 is 0 Å².